The molecule has 0 aromatic heterocycles. The molecular weight excluding hydrogens is 520 g/mol. The molecule has 0 saturated carbocycles. The molecule has 2 saturated heterocycles. The Morgan fingerprint density at radius 3 is 1.34 bits per heavy atom. The molecule has 2 heterocycles. The van der Waals surface area contributed by atoms with Gasteiger partial charge >= 0.3 is 0 Å². The number of amides is 4. The molecule has 194 valence electrons. The van der Waals surface area contributed by atoms with Crippen LogP contribution in [0.4, 0.5) is 21.0 Å². The Labute approximate surface area is 229 Å². The molecule has 2 fully saturated rings. The molecule has 2 aliphatic rings. The standard InChI is InChI=1S/C28H26N4O4S2/c1-17-7-3-5-9-21(17)29-23-25(33)31(27(35)37-23)15-19-11-13-20(14-12-19)16-32-26(34)24(38-28(32)36)30-22-10-6-4-8-18(22)2/h3-14,23-24,29-30H,15-16H2,1-2H3. The maximum Gasteiger partial charge on any atom is 0.291 e. The lowest BCUT2D eigenvalue weighted by atomic mass is 10.1. The van der Waals surface area contributed by atoms with Crippen LogP contribution in [0, 0.1) is 13.8 Å². The van der Waals surface area contributed by atoms with Crippen LogP contribution < -0.4 is 10.6 Å². The maximum atomic E-state index is 12.9. The van der Waals surface area contributed by atoms with E-state index in [9.17, 15) is 19.2 Å². The van der Waals surface area contributed by atoms with Gasteiger partial charge in [0.25, 0.3) is 22.3 Å². The molecular formula is C28H26N4O4S2. The van der Waals surface area contributed by atoms with E-state index in [1.165, 1.54) is 9.80 Å². The van der Waals surface area contributed by atoms with Gasteiger partial charge in [0.05, 0.1) is 13.1 Å². The summed E-state index contributed by atoms with van der Waals surface area (Å²) in [7, 11) is 0. The lowest BCUT2D eigenvalue weighted by Crippen LogP contribution is -2.34. The summed E-state index contributed by atoms with van der Waals surface area (Å²) in [6.07, 6.45) is 0. The third-order valence-corrected chi connectivity index (χ3v) is 8.38. The number of carbonyl (C=O) groups excluding carboxylic acids is 4. The number of benzene rings is 3. The molecule has 2 aliphatic heterocycles. The van der Waals surface area contributed by atoms with E-state index < -0.39 is 10.7 Å². The Balaban J connectivity index is 1.19. The van der Waals surface area contributed by atoms with Crippen LogP contribution in [0.2, 0.25) is 0 Å². The third-order valence-electron chi connectivity index (χ3n) is 6.43. The van der Waals surface area contributed by atoms with Crippen LogP contribution in [-0.4, -0.2) is 42.8 Å². The number of aryl methyl sites for hydroxylation is 2. The summed E-state index contributed by atoms with van der Waals surface area (Å²) in [5.74, 6) is -0.574. The van der Waals surface area contributed by atoms with Gasteiger partial charge in [0.2, 0.25) is 0 Å². The van der Waals surface area contributed by atoms with Crippen LogP contribution in [0.3, 0.4) is 0 Å². The van der Waals surface area contributed by atoms with E-state index in [0.29, 0.717) is 0 Å². The number of carbonyl (C=O) groups is 4. The van der Waals surface area contributed by atoms with Gasteiger partial charge in [0, 0.05) is 11.4 Å². The highest BCUT2D eigenvalue weighted by Gasteiger charge is 2.41. The second-order valence-electron chi connectivity index (χ2n) is 9.11. The number of hydrogen-bond acceptors (Lipinski definition) is 8. The largest absolute Gasteiger partial charge is 0.365 e. The average Bonchev–Trinajstić information content (AvgIpc) is 3.32. The van der Waals surface area contributed by atoms with Crippen molar-refractivity contribution in [2.45, 2.75) is 37.7 Å². The highest BCUT2D eigenvalue weighted by atomic mass is 32.2. The molecule has 38 heavy (non-hydrogen) atoms. The summed E-state index contributed by atoms with van der Waals surface area (Å²) in [6.45, 7) is 4.18. The summed E-state index contributed by atoms with van der Waals surface area (Å²) in [5.41, 5.74) is 5.18. The normalized spacial score (nSPS) is 19.4. The molecule has 0 radical (unpaired) electrons. The van der Waals surface area contributed by atoms with Crippen molar-refractivity contribution in [1.29, 1.82) is 0 Å². The van der Waals surface area contributed by atoms with Crippen LogP contribution in [-0.2, 0) is 22.7 Å². The molecule has 2 unspecified atom stereocenters. The maximum absolute atomic E-state index is 12.9. The second kappa shape index (κ2) is 10.9. The quantitative estimate of drug-likeness (QED) is 0.378. The molecule has 0 aliphatic carbocycles. The Bertz CT molecular complexity index is 1310. The molecule has 8 nitrogen and oxygen atoms in total. The first-order valence-corrected chi connectivity index (χ1v) is 13.8. The summed E-state index contributed by atoms with van der Waals surface area (Å²) in [4.78, 5) is 53.4. The average molecular weight is 547 g/mol. The van der Waals surface area contributed by atoms with E-state index in [1.54, 1.807) is 0 Å². The van der Waals surface area contributed by atoms with Crippen molar-refractivity contribution < 1.29 is 19.2 Å². The van der Waals surface area contributed by atoms with Gasteiger partial charge < -0.3 is 10.6 Å². The number of hydrogen-bond donors (Lipinski definition) is 2. The van der Waals surface area contributed by atoms with Gasteiger partial charge in [-0.15, -0.1) is 0 Å². The minimum atomic E-state index is -0.672. The van der Waals surface area contributed by atoms with Gasteiger partial charge in [-0.1, -0.05) is 60.7 Å². The minimum Gasteiger partial charge on any atom is -0.365 e. The molecule has 5 rings (SSSR count). The predicted octanol–water partition coefficient (Wildman–Crippen LogP) is 5.57. The number of rotatable bonds is 8. The molecule has 2 atom stereocenters. The van der Waals surface area contributed by atoms with Crippen molar-refractivity contribution >= 4 is 57.2 Å². The Morgan fingerprint density at radius 1 is 0.605 bits per heavy atom. The SMILES string of the molecule is Cc1ccccc1NC1SC(=O)N(Cc2ccc(CN3C(=O)SC(Nc4ccccc4C)C3=O)cc2)C1=O. The molecule has 10 heteroatoms. The van der Waals surface area contributed by atoms with Crippen molar-refractivity contribution in [3.05, 3.63) is 95.1 Å². The lowest BCUT2D eigenvalue weighted by Gasteiger charge is -2.17. The Hall–Kier alpha value is -3.76. The van der Waals surface area contributed by atoms with Crippen molar-refractivity contribution in [3.8, 4) is 0 Å². The van der Waals surface area contributed by atoms with E-state index in [-0.39, 0.29) is 35.4 Å². The van der Waals surface area contributed by atoms with E-state index in [1.807, 2.05) is 86.6 Å². The van der Waals surface area contributed by atoms with Crippen molar-refractivity contribution in [1.82, 2.24) is 9.80 Å². The first-order chi connectivity index (χ1) is 18.3. The Kier molecular flexibility index (Phi) is 7.44. The van der Waals surface area contributed by atoms with E-state index in [2.05, 4.69) is 10.6 Å². The lowest BCUT2D eigenvalue weighted by molar-refractivity contribution is -0.127. The fourth-order valence-corrected chi connectivity index (χ4v) is 6.02. The topological polar surface area (TPSA) is 98.8 Å². The summed E-state index contributed by atoms with van der Waals surface area (Å²) in [6, 6.07) is 22.5. The first-order valence-electron chi connectivity index (χ1n) is 12.1. The van der Waals surface area contributed by atoms with Gasteiger partial charge in [0.15, 0.2) is 10.7 Å². The molecule has 3 aromatic carbocycles. The van der Waals surface area contributed by atoms with Gasteiger partial charge in [-0.3, -0.25) is 29.0 Å². The highest BCUT2D eigenvalue weighted by molar-refractivity contribution is 8.15. The molecule has 0 spiro atoms. The zero-order valence-electron chi connectivity index (χ0n) is 20.8. The van der Waals surface area contributed by atoms with E-state index in [0.717, 1.165) is 57.2 Å². The van der Waals surface area contributed by atoms with Crippen molar-refractivity contribution in [3.63, 3.8) is 0 Å². The van der Waals surface area contributed by atoms with Crippen molar-refractivity contribution in [2.24, 2.45) is 0 Å². The predicted molar refractivity (Wildman–Crippen MR) is 151 cm³/mol. The monoisotopic (exact) mass is 546 g/mol. The molecule has 0 bridgehead atoms. The van der Waals surface area contributed by atoms with E-state index in [4.69, 9.17) is 0 Å². The first kappa shape index (κ1) is 25.9. The van der Waals surface area contributed by atoms with Crippen LogP contribution in [0.5, 0.6) is 0 Å². The molecule has 4 amide bonds. The van der Waals surface area contributed by atoms with Gasteiger partial charge in [-0.2, -0.15) is 0 Å². The number of nitrogens with one attached hydrogen (secondary N) is 2. The number of nitrogens with zero attached hydrogens (tertiary/aromatic N) is 2. The molecule has 3 aromatic rings. The van der Waals surface area contributed by atoms with Gasteiger partial charge in [-0.25, -0.2) is 0 Å². The van der Waals surface area contributed by atoms with Crippen LogP contribution >= 0.6 is 23.5 Å². The minimum absolute atomic E-state index is 0.150. The van der Waals surface area contributed by atoms with Crippen LogP contribution in [0.15, 0.2) is 72.8 Å². The zero-order chi connectivity index (χ0) is 26.8. The number of thioether (sulfide) groups is 2. The summed E-state index contributed by atoms with van der Waals surface area (Å²) in [5, 5.41) is 4.37. The highest BCUT2D eigenvalue weighted by Crippen LogP contribution is 2.32. The molecule has 2 N–H and O–H groups in total. The summed E-state index contributed by atoms with van der Waals surface area (Å²) < 4.78 is 0. The van der Waals surface area contributed by atoms with Gasteiger partial charge in [0.1, 0.15) is 0 Å². The van der Waals surface area contributed by atoms with Crippen LogP contribution in [0.25, 0.3) is 0 Å². The number of imide groups is 2. The Morgan fingerprint density at radius 2 is 0.974 bits per heavy atom. The third kappa shape index (κ3) is 5.41. The van der Waals surface area contributed by atoms with E-state index >= 15 is 0 Å². The zero-order valence-corrected chi connectivity index (χ0v) is 22.5. The van der Waals surface area contributed by atoms with Crippen LogP contribution in [0.1, 0.15) is 22.3 Å². The summed E-state index contributed by atoms with van der Waals surface area (Å²) >= 11 is 1.93. The fraction of sp³-hybridized carbons (Fsp3) is 0.214. The fourth-order valence-electron chi connectivity index (χ4n) is 4.23. The second-order valence-corrected chi connectivity index (χ2v) is 11.2. The van der Waals surface area contributed by atoms with Crippen molar-refractivity contribution in [2.75, 3.05) is 10.6 Å². The van der Waals surface area contributed by atoms with Gasteiger partial charge in [-0.05, 0) is 71.8 Å². The number of anilines is 2. The number of para-hydroxylation sites is 2. The smallest absolute Gasteiger partial charge is 0.291 e.